The number of nitrogens with one attached hydrogen (secondary N) is 1. The third-order valence-electron chi connectivity index (χ3n) is 5.08. The predicted octanol–water partition coefficient (Wildman–Crippen LogP) is 6.12. The maximum atomic E-state index is 13.5. The van der Waals surface area contributed by atoms with Crippen molar-refractivity contribution in [2.75, 3.05) is 16.2 Å². The number of sulfonamides is 1. The molecular weight excluding hydrogens is 489 g/mol. The van der Waals surface area contributed by atoms with Crippen molar-refractivity contribution in [2.24, 2.45) is 0 Å². The molecule has 0 aromatic heterocycles. The standard InChI is InChI=1S/C24H22ClF3N2O3S/c1-15-4-8-19(9-5-15)34(32,33)30(22-11-6-16(2)12-17(22)3)14-23(31)29-21-10-7-18(25)13-20(21)24(26,27)28/h4-13H,14H2,1-3H3,(H,29,31). The van der Waals surface area contributed by atoms with Crippen LogP contribution in [-0.4, -0.2) is 20.9 Å². The average molecular weight is 511 g/mol. The Kier molecular flexibility index (Phi) is 7.28. The third kappa shape index (κ3) is 5.71. The Morgan fingerprint density at radius 2 is 1.56 bits per heavy atom. The lowest BCUT2D eigenvalue weighted by Gasteiger charge is -2.26. The van der Waals surface area contributed by atoms with Gasteiger partial charge < -0.3 is 5.32 Å². The molecule has 0 atom stereocenters. The highest BCUT2D eigenvalue weighted by atomic mass is 35.5. The molecule has 3 aromatic carbocycles. The summed E-state index contributed by atoms with van der Waals surface area (Å²) in [6.45, 7) is 4.59. The van der Waals surface area contributed by atoms with Gasteiger partial charge in [-0.05, 0) is 62.7 Å². The van der Waals surface area contributed by atoms with Crippen molar-refractivity contribution in [1.29, 1.82) is 0 Å². The molecule has 0 aliphatic rings. The Hall–Kier alpha value is -3.04. The average Bonchev–Trinajstić information content (AvgIpc) is 2.73. The second-order valence-electron chi connectivity index (χ2n) is 7.85. The Morgan fingerprint density at radius 3 is 2.15 bits per heavy atom. The van der Waals surface area contributed by atoms with E-state index in [1.807, 2.05) is 6.92 Å². The second kappa shape index (κ2) is 9.68. The van der Waals surface area contributed by atoms with Crippen molar-refractivity contribution in [3.8, 4) is 0 Å². The summed E-state index contributed by atoms with van der Waals surface area (Å²) in [4.78, 5) is 12.8. The van der Waals surface area contributed by atoms with Crippen molar-refractivity contribution in [1.82, 2.24) is 0 Å². The van der Waals surface area contributed by atoms with E-state index in [1.54, 1.807) is 44.2 Å². The molecule has 0 radical (unpaired) electrons. The summed E-state index contributed by atoms with van der Waals surface area (Å²) >= 11 is 5.69. The van der Waals surface area contributed by atoms with Crippen LogP contribution in [0.25, 0.3) is 0 Å². The number of aryl methyl sites for hydroxylation is 3. The Labute approximate surface area is 201 Å². The minimum Gasteiger partial charge on any atom is -0.324 e. The summed E-state index contributed by atoms with van der Waals surface area (Å²) < 4.78 is 68.1. The van der Waals surface area contributed by atoms with E-state index in [4.69, 9.17) is 11.6 Å². The predicted molar refractivity (Wildman–Crippen MR) is 127 cm³/mol. The van der Waals surface area contributed by atoms with Crippen molar-refractivity contribution in [3.63, 3.8) is 0 Å². The number of rotatable bonds is 6. The first-order valence-corrected chi connectivity index (χ1v) is 11.9. The zero-order valence-corrected chi connectivity index (χ0v) is 20.1. The summed E-state index contributed by atoms with van der Waals surface area (Å²) in [5.74, 6) is -0.941. The van der Waals surface area contributed by atoms with Crippen molar-refractivity contribution >= 4 is 38.9 Å². The third-order valence-corrected chi connectivity index (χ3v) is 7.09. The van der Waals surface area contributed by atoms with Gasteiger partial charge in [0, 0.05) is 5.02 Å². The number of nitrogens with zero attached hydrogens (tertiary/aromatic N) is 1. The maximum Gasteiger partial charge on any atom is 0.418 e. The molecule has 0 spiro atoms. The SMILES string of the molecule is Cc1ccc(S(=O)(=O)N(CC(=O)Nc2ccc(Cl)cc2C(F)(F)F)c2ccc(C)cc2C)cc1. The summed E-state index contributed by atoms with van der Waals surface area (Å²) in [6.07, 6.45) is -4.77. The number of benzene rings is 3. The molecule has 10 heteroatoms. The number of alkyl halides is 3. The lowest BCUT2D eigenvalue weighted by molar-refractivity contribution is -0.137. The first-order valence-electron chi connectivity index (χ1n) is 10.1. The highest BCUT2D eigenvalue weighted by Crippen LogP contribution is 2.36. The largest absolute Gasteiger partial charge is 0.418 e. The van der Waals surface area contributed by atoms with E-state index >= 15 is 0 Å². The first kappa shape index (κ1) is 25.6. The molecule has 0 fully saturated rings. The van der Waals surface area contributed by atoms with Gasteiger partial charge in [0.2, 0.25) is 5.91 Å². The molecule has 34 heavy (non-hydrogen) atoms. The van der Waals surface area contributed by atoms with Crippen LogP contribution in [0.2, 0.25) is 5.02 Å². The smallest absolute Gasteiger partial charge is 0.324 e. The molecular formula is C24H22ClF3N2O3S. The van der Waals surface area contributed by atoms with Crippen LogP contribution in [0.15, 0.2) is 65.6 Å². The molecule has 1 N–H and O–H groups in total. The van der Waals surface area contributed by atoms with Crippen LogP contribution in [0.4, 0.5) is 24.5 Å². The van der Waals surface area contributed by atoms with Gasteiger partial charge in [0.15, 0.2) is 0 Å². The molecule has 0 aliphatic heterocycles. The van der Waals surface area contributed by atoms with Crippen molar-refractivity contribution < 1.29 is 26.4 Å². The minimum atomic E-state index is -4.77. The van der Waals surface area contributed by atoms with Gasteiger partial charge >= 0.3 is 6.18 Å². The summed E-state index contributed by atoms with van der Waals surface area (Å²) in [5.41, 5.74) is 0.911. The molecule has 0 unspecified atom stereocenters. The highest BCUT2D eigenvalue weighted by Gasteiger charge is 2.35. The summed E-state index contributed by atoms with van der Waals surface area (Å²) in [7, 11) is -4.21. The number of carbonyl (C=O) groups excluding carboxylic acids is 1. The molecule has 0 bridgehead atoms. The molecule has 1 amide bonds. The van der Waals surface area contributed by atoms with E-state index in [0.717, 1.165) is 21.5 Å². The topological polar surface area (TPSA) is 66.5 Å². The number of carbonyl (C=O) groups is 1. The maximum absolute atomic E-state index is 13.5. The van der Waals surface area contributed by atoms with E-state index in [0.29, 0.717) is 11.6 Å². The van der Waals surface area contributed by atoms with E-state index < -0.39 is 39.9 Å². The highest BCUT2D eigenvalue weighted by molar-refractivity contribution is 7.92. The quantitative estimate of drug-likeness (QED) is 0.434. The molecule has 3 aromatic rings. The van der Waals surface area contributed by atoms with Crippen LogP contribution in [0, 0.1) is 20.8 Å². The first-order chi connectivity index (χ1) is 15.8. The van der Waals surface area contributed by atoms with Gasteiger partial charge in [-0.15, -0.1) is 0 Å². The van der Waals surface area contributed by atoms with Crippen LogP contribution < -0.4 is 9.62 Å². The normalized spacial score (nSPS) is 11.9. The fourth-order valence-electron chi connectivity index (χ4n) is 3.40. The fraction of sp³-hybridized carbons (Fsp3) is 0.208. The molecule has 0 saturated carbocycles. The summed E-state index contributed by atoms with van der Waals surface area (Å²) in [5, 5.41) is 2.04. The van der Waals surface area contributed by atoms with Gasteiger partial charge in [-0.25, -0.2) is 8.42 Å². The van der Waals surface area contributed by atoms with Crippen LogP contribution >= 0.6 is 11.6 Å². The van der Waals surface area contributed by atoms with E-state index in [-0.39, 0.29) is 15.6 Å². The molecule has 0 heterocycles. The second-order valence-corrected chi connectivity index (χ2v) is 10.1. The van der Waals surface area contributed by atoms with Gasteiger partial charge in [0.25, 0.3) is 10.0 Å². The number of amides is 1. The number of hydrogen-bond acceptors (Lipinski definition) is 3. The van der Waals surface area contributed by atoms with Gasteiger partial charge in [0.1, 0.15) is 6.54 Å². The Balaban J connectivity index is 2.02. The fourth-order valence-corrected chi connectivity index (χ4v) is 5.06. The number of hydrogen-bond donors (Lipinski definition) is 1. The molecule has 3 rings (SSSR count). The van der Waals surface area contributed by atoms with Crippen LogP contribution in [0.3, 0.4) is 0 Å². The van der Waals surface area contributed by atoms with E-state index in [9.17, 15) is 26.4 Å². The van der Waals surface area contributed by atoms with Crippen LogP contribution in [-0.2, 0) is 21.0 Å². The van der Waals surface area contributed by atoms with Crippen LogP contribution in [0.5, 0.6) is 0 Å². The lowest BCUT2D eigenvalue weighted by atomic mass is 10.1. The van der Waals surface area contributed by atoms with E-state index in [1.165, 1.54) is 18.2 Å². The van der Waals surface area contributed by atoms with Gasteiger partial charge in [-0.1, -0.05) is 47.0 Å². The van der Waals surface area contributed by atoms with Crippen molar-refractivity contribution in [3.05, 3.63) is 87.9 Å². The number of halogens is 4. The lowest BCUT2D eigenvalue weighted by Crippen LogP contribution is -2.38. The summed E-state index contributed by atoms with van der Waals surface area (Å²) in [6, 6.07) is 14.0. The zero-order valence-electron chi connectivity index (χ0n) is 18.6. The zero-order chi connectivity index (χ0) is 25.3. The van der Waals surface area contributed by atoms with Crippen molar-refractivity contribution in [2.45, 2.75) is 31.8 Å². The Morgan fingerprint density at radius 1 is 0.941 bits per heavy atom. The molecule has 0 aliphatic carbocycles. The van der Waals surface area contributed by atoms with E-state index in [2.05, 4.69) is 5.32 Å². The van der Waals surface area contributed by atoms with Gasteiger partial charge in [-0.2, -0.15) is 13.2 Å². The number of anilines is 2. The Bertz CT molecular complexity index is 1320. The monoisotopic (exact) mass is 510 g/mol. The minimum absolute atomic E-state index is 0.0478. The van der Waals surface area contributed by atoms with Gasteiger partial charge in [-0.3, -0.25) is 9.10 Å². The van der Waals surface area contributed by atoms with Crippen LogP contribution in [0.1, 0.15) is 22.3 Å². The molecule has 0 saturated heterocycles. The molecule has 5 nitrogen and oxygen atoms in total. The molecule has 180 valence electrons. The van der Waals surface area contributed by atoms with Gasteiger partial charge in [0.05, 0.1) is 21.8 Å².